The SMILES string of the molecule is O=C(O)CNCC(=O)N1CCCCCCC1. The molecule has 16 heavy (non-hydrogen) atoms. The van der Waals surface area contributed by atoms with Gasteiger partial charge in [-0.1, -0.05) is 19.3 Å². The molecule has 0 unspecified atom stereocenters. The number of nitrogens with zero attached hydrogens (tertiary/aromatic N) is 1. The van der Waals surface area contributed by atoms with Crippen molar-refractivity contribution in [1.82, 2.24) is 10.2 Å². The number of carboxylic acid groups (broad SMARTS) is 1. The van der Waals surface area contributed by atoms with E-state index in [4.69, 9.17) is 5.11 Å². The lowest BCUT2D eigenvalue weighted by Crippen LogP contribution is -2.41. The number of likely N-dealkylation sites (tertiary alicyclic amines) is 1. The summed E-state index contributed by atoms with van der Waals surface area (Å²) in [5.74, 6) is -0.913. The minimum absolute atomic E-state index is 0.0168. The topological polar surface area (TPSA) is 69.6 Å². The van der Waals surface area contributed by atoms with Gasteiger partial charge < -0.3 is 10.0 Å². The standard InChI is InChI=1S/C11H20N2O3/c14-10(8-12-9-11(15)16)13-6-4-2-1-3-5-7-13/h12H,1-9H2,(H,15,16). The Balaban J connectivity index is 2.24. The van der Waals surface area contributed by atoms with E-state index in [-0.39, 0.29) is 19.0 Å². The fraction of sp³-hybridized carbons (Fsp3) is 0.818. The summed E-state index contributed by atoms with van der Waals surface area (Å²) in [4.78, 5) is 23.8. The van der Waals surface area contributed by atoms with Crippen LogP contribution in [0.4, 0.5) is 0 Å². The molecule has 1 aliphatic heterocycles. The fourth-order valence-corrected chi connectivity index (χ4v) is 1.89. The number of rotatable bonds is 4. The number of nitrogens with one attached hydrogen (secondary N) is 1. The third-order valence-corrected chi connectivity index (χ3v) is 2.76. The van der Waals surface area contributed by atoms with Gasteiger partial charge in [-0.2, -0.15) is 0 Å². The van der Waals surface area contributed by atoms with Crippen LogP contribution in [-0.4, -0.2) is 48.1 Å². The van der Waals surface area contributed by atoms with Gasteiger partial charge in [-0.3, -0.25) is 14.9 Å². The van der Waals surface area contributed by atoms with Gasteiger partial charge >= 0.3 is 5.97 Å². The average Bonchev–Trinajstić information content (AvgIpc) is 2.15. The number of carbonyl (C=O) groups is 2. The highest BCUT2D eigenvalue weighted by molar-refractivity contribution is 5.79. The van der Waals surface area contributed by atoms with E-state index < -0.39 is 5.97 Å². The summed E-state index contributed by atoms with van der Waals surface area (Å²) in [7, 11) is 0. The molecule has 2 N–H and O–H groups in total. The van der Waals surface area contributed by atoms with E-state index in [1.54, 1.807) is 0 Å². The molecule has 1 fully saturated rings. The Bertz CT molecular complexity index is 235. The monoisotopic (exact) mass is 228 g/mol. The normalized spacial score (nSPS) is 17.6. The maximum Gasteiger partial charge on any atom is 0.317 e. The summed E-state index contributed by atoms with van der Waals surface area (Å²) in [6, 6.07) is 0. The predicted octanol–water partition coefficient (Wildman–Crippen LogP) is 0.453. The van der Waals surface area contributed by atoms with E-state index in [9.17, 15) is 9.59 Å². The van der Waals surface area contributed by atoms with Crippen molar-refractivity contribution >= 4 is 11.9 Å². The Morgan fingerprint density at radius 3 is 2.12 bits per heavy atom. The lowest BCUT2D eigenvalue weighted by atomic mass is 10.1. The molecule has 0 atom stereocenters. The van der Waals surface area contributed by atoms with E-state index in [0.717, 1.165) is 25.9 Å². The second-order valence-corrected chi connectivity index (χ2v) is 4.15. The summed E-state index contributed by atoms with van der Waals surface area (Å²) in [6.45, 7) is 1.60. The number of amides is 1. The molecular formula is C11H20N2O3. The van der Waals surface area contributed by atoms with Gasteiger partial charge in [0.2, 0.25) is 5.91 Å². The summed E-state index contributed by atoms with van der Waals surface area (Å²) < 4.78 is 0. The van der Waals surface area contributed by atoms with Gasteiger partial charge in [0.15, 0.2) is 0 Å². The first-order chi connectivity index (χ1) is 7.70. The van der Waals surface area contributed by atoms with Crippen LogP contribution in [0, 0.1) is 0 Å². The molecule has 1 heterocycles. The Morgan fingerprint density at radius 1 is 1.00 bits per heavy atom. The highest BCUT2D eigenvalue weighted by Gasteiger charge is 2.14. The molecule has 0 aromatic rings. The quantitative estimate of drug-likeness (QED) is 0.733. The van der Waals surface area contributed by atoms with Crippen LogP contribution in [-0.2, 0) is 9.59 Å². The molecule has 1 aliphatic rings. The van der Waals surface area contributed by atoms with Crippen molar-refractivity contribution in [2.24, 2.45) is 0 Å². The maximum atomic E-state index is 11.7. The minimum atomic E-state index is -0.930. The second kappa shape index (κ2) is 7.22. The van der Waals surface area contributed by atoms with Crippen LogP contribution < -0.4 is 5.32 Å². The highest BCUT2D eigenvalue weighted by Crippen LogP contribution is 2.10. The molecular weight excluding hydrogens is 208 g/mol. The number of hydrogen-bond donors (Lipinski definition) is 2. The molecule has 5 heteroatoms. The molecule has 0 radical (unpaired) electrons. The smallest absolute Gasteiger partial charge is 0.317 e. The molecule has 0 aromatic carbocycles. The van der Waals surface area contributed by atoms with Crippen molar-refractivity contribution in [3.63, 3.8) is 0 Å². The van der Waals surface area contributed by atoms with Crippen molar-refractivity contribution in [3.05, 3.63) is 0 Å². The van der Waals surface area contributed by atoms with Crippen molar-refractivity contribution in [3.8, 4) is 0 Å². The summed E-state index contributed by atoms with van der Waals surface area (Å²) in [5, 5.41) is 11.1. The molecule has 0 aromatic heterocycles. The van der Waals surface area contributed by atoms with Gasteiger partial charge in [0.05, 0.1) is 13.1 Å². The van der Waals surface area contributed by atoms with Gasteiger partial charge in [-0.05, 0) is 12.8 Å². The first-order valence-electron chi connectivity index (χ1n) is 5.90. The van der Waals surface area contributed by atoms with E-state index in [1.807, 2.05) is 4.90 Å². The molecule has 92 valence electrons. The Kier molecular flexibility index (Phi) is 5.85. The van der Waals surface area contributed by atoms with Crippen molar-refractivity contribution in [2.75, 3.05) is 26.2 Å². The predicted molar refractivity (Wildman–Crippen MR) is 60.2 cm³/mol. The number of aliphatic carboxylic acids is 1. The third kappa shape index (κ3) is 5.11. The zero-order chi connectivity index (χ0) is 11.8. The van der Waals surface area contributed by atoms with E-state index >= 15 is 0 Å². The average molecular weight is 228 g/mol. The highest BCUT2D eigenvalue weighted by atomic mass is 16.4. The molecule has 0 bridgehead atoms. The van der Waals surface area contributed by atoms with Crippen LogP contribution >= 0.6 is 0 Å². The van der Waals surface area contributed by atoms with E-state index in [0.29, 0.717) is 0 Å². The molecule has 0 spiro atoms. The second-order valence-electron chi connectivity index (χ2n) is 4.15. The molecule has 1 amide bonds. The van der Waals surface area contributed by atoms with E-state index in [2.05, 4.69) is 5.32 Å². The van der Waals surface area contributed by atoms with Crippen LogP contribution in [0.15, 0.2) is 0 Å². The summed E-state index contributed by atoms with van der Waals surface area (Å²) in [5.41, 5.74) is 0. The third-order valence-electron chi connectivity index (χ3n) is 2.76. The van der Waals surface area contributed by atoms with Crippen molar-refractivity contribution in [2.45, 2.75) is 32.1 Å². The van der Waals surface area contributed by atoms with Crippen molar-refractivity contribution < 1.29 is 14.7 Å². The molecule has 0 aliphatic carbocycles. The summed E-state index contributed by atoms with van der Waals surface area (Å²) in [6.07, 6.45) is 5.76. The summed E-state index contributed by atoms with van der Waals surface area (Å²) >= 11 is 0. The largest absolute Gasteiger partial charge is 0.480 e. The number of carboxylic acids is 1. The van der Waals surface area contributed by atoms with Crippen LogP contribution in [0.2, 0.25) is 0 Å². The Hall–Kier alpha value is -1.10. The number of hydrogen-bond acceptors (Lipinski definition) is 3. The van der Waals surface area contributed by atoms with Gasteiger partial charge in [-0.15, -0.1) is 0 Å². The van der Waals surface area contributed by atoms with Gasteiger partial charge in [-0.25, -0.2) is 0 Å². The van der Waals surface area contributed by atoms with Crippen LogP contribution in [0.25, 0.3) is 0 Å². The van der Waals surface area contributed by atoms with Gasteiger partial charge in [0.25, 0.3) is 0 Å². The Labute approximate surface area is 95.8 Å². The van der Waals surface area contributed by atoms with Crippen LogP contribution in [0.3, 0.4) is 0 Å². The van der Waals surface area contributed by atoms with Crippen molar-refractivity contribution in [1.29, 1.82) is 0 Å². The molecule has 0 saturated carbocycles. The lowest BCUT2D eigenvalue weighted by molar-refractivity contribution is -0.136. The lowest BCUT2D eigenvalue weighted by Gasteiger charge is -2.24. The van der Waals surface area contributed by atoms with Gasteiger partial charge in [0.1, 0.15) is 0 Å². The van der Waals surface area contributed by atoms with Crippen LogP contribution in [0.1, 0.15) is 32.1 Å². The number of carbonyl (C=O) groups excluding carboxylic acids is 1. The fourth-order valence-electron chi connectivity index (χ4n) is 1.89. The van der Waals surface area contributed by atoms with Crippen LogP contribution in [0.5, 0.6) is 0 Å². The first-order valence-corrected chi connectivity index (χ1v) is 5.90. The Morgan fingerprint density at radius 2 is 1.56 bits per heavy atom. The maximum absolute atomic E-state index is 11.7. The molecule has 1 saturated heterocycles. The zero-order valence-corrected chi connectivity index (χ0v) is 9.57. The first kappa shape index (κ1) is 13.0. The minimum Gasteiger partial charge on any atom is -0.480 e. The van der Waals surface area contributed by atoms with E-state index in [1.165, 1.54) is 19.3 Å². The molecule has 5 nitrogen and oxygen atoms in total. The molecule has 1 rings (SSSR count). The van der Waals surface area contributed by atoms with Gasteiger partial charge in [0, 0.05) is 13.1 Å². The zero-order valence-electron chi connectivity index (χ0n) is 9.57.